The minimum absolute atomic E-state index is 0.269. The topological polar surface area (TPSA) is 66.0 Å². The van der Waals surface area contributed by atoms with Crippen molar-refractivity contribution in [2.45, 2.75) is 32.6 Å². The van der Waals surface area contributed by atoms with Gasteiger partial charge in [0.15, 0.2) is 0 Å². The summed E-state index contributed by atoms with van der Waals surface area (Å²) in [6.45, 7) is 2.10. The van der Waals surface area contributed by atoms with E-state index in [9.17, 15) is 4.79 Å². The normalized spacial score (nSPS) is 17.8. The number of carboxylic acids is 1. The Hall–Kier alpha value is -2.10. The molecule has 2 N–H and O–H groups in total. The Labute approximate surface area is 117 Å². The highest BCUT2D eigenvalue weighted by atomic mass is 16.4. The molecule has 1 aliphatic rings. The third kappa shape index (κ3) is 2.46. The lowest BCUT2D eigenvalue weighted by molar-refractivity contribution is -0.142. The molecular weight excluding hydrogens is 252 g/mol. The van der Waals surface area contributed by atoms with E-state index < -0.39 is 5.97 Å². The summed E-state index contributed by atoms with van der Waals surface area (Å²) in [6.07, 6.45) is 2.80. The molecule has 0 aliphatic heterocycles. The zero-order valence-corrected chi connectivity index (χ0v) is 11.5. The second kappa shape index (κ2) is 5.12. The van der Waals surface area contributed by atoms with Crippen LogP contribution in [0.3, 0.4) is 0 Å². The van der Waals surface area contributed by atoms with E-state index in [4.69, 9.17) is 5.11 Å². The number of aromatic amines is 1. The minimum Gasteiger partial charge on any atom is -0.481 e. The van der Waals surface area contributed by atoms with Gasteiger partial charge in [-0.25, -0.2) is 4.98 Å². The molecule has 4 nitrogen and oxygen atoms in total. The molecule has 1 heterocycles. The van der Waals surface area contributed by atoms with Gasteiger partial charge in [0, 0.05) is 18.5 Å². The van der Waals surface area contributed by atoms with Gasteiger partial charge in [-0.15, -0.1) is 0 Å². The first-order valence-electron chi connectivity index (χ1n) is 6.97. The third-order valence-electron chi connectivity index (χ3n) is 4.06. The number of benzene rings is 1. The average Bonchev–Trinajstić information content (AvgIpc) is 2.82. The van der Waals surface area contributed by atoms with Crippen molar-refractivity contribution in [2.75, 3.05) is 0 Å². The predicted octanol–water partition coefficient (Wildman–Crippen LogP) is 2.50. The molecule has 0 amide bonds. The van der Waals surface area contributed by atoms with Gasteiger partial charge in [-0.05, 0) is 30.9 Å². The van der Waals surface area contributed by atoms with E-state index in [1.807, 2.05) is 12.1 Å². The van der Waals surface area contributed by atoms with Gasteiger partial charge in [-0.3, -0.25) is 4.79 Å². The van der Waals surface area contributed by atoms with Crippen LogP contribution < -0.4 is 0 Å². The summed E-state index contributed by atoms with van der Waals surface area (Å²) in [6, 6.07) is 8.27. The number of hydrogen-bond donors (Lipinski definition) is 2. The van der Waals surface area contributed by atoms with Crippen molar-refractivity contribution in [1.82, 2.24) is 9.97 Å². The van der Waals surface area contributed by atoms with Crippen LogP contribution in [-0.2, 0) is 24.1 Å². The summed E-state index contributed by atoms with van der Waals surface area (Å²) in [4.78, 5) is 19.0. The van der Waals surface area contributed by atoms with Gasteiger partial charge < -0.3 is 10.1 Å². The average molecular weight is 270 g/mol. The fourth-order valence-corrected chi connectivity index (χ4v) is 2.82. The number of aliphatic carboxylic acids is 1. The van der Waals surface area contributed by atoms with E-state index in [1.165, 1.54) is 11.1 Å². The van der Waals surface area contributed by atoms with Gasteiger partial charge in [-0.2, -0.15) is 0 Å². The highest BCUT2D eigenvalue weighted by molar-refractivity contribution is 5.70. The molecule has 104 valence electrons. The minimum atomic E-state index is -0.703. The molecule has 20 heavy (non-hydrogen) atoms. The summed E-state index contributed by atoms with van der Waals surface area (Å²) in [7, 11) is 0. The molecule has 3 rings (SSSR count). The maximum atomic E-state index is 11.1. The number of imidazole rings is 1. The van der Waals surface area contributed by atoms with Gasteiger partial charge >= 0.3 is 5.97 Å². The lowest BCUT2D eigenvalue weighted by atomic mass is 9.90. The Balaban J connectivity index is 1.81. The zero-order valence-electron chi connectivity index (χ0n) is 11.5. The SMILES string of the molecule is Cc1ccccc1Cc1nc2c([nH]1)CC(C(=O)O)CC2. The molecule has 0 radical (unpaired) electrons. The summed E-state index contributed by atoms with van der Waals surface area (Å²) < 4.78 is 0. The Kier molecular flexibility index (Phi) is 3.30. The van der Waals surface area contributed by atoms with Gasteiger partial charge in [0.05, 0.1) is 11.6 Å². The maximum absolute atomic E-state index is 11.1. The monoisotopic (exact) mass is 270 g/mol. The highest BCUT2D eigenvalue weighted by Gasteiger charge is 2.26. The number of fused-ring (bicyclic) bond motifs is 1. The molecule has 1 aliphatic carbocycles. The molecule has 0 saturated carbocycles. The first kappa shape index (κ1) is 12.9. The molecule has 0 fully saturated rings. The Morgan fingerprint density at radius 1 is 1.45 bits per heavy atom. The van der Waals surface area contributed by atoms with E-state index in [2.05, 4.69) is 29.0 Å². The van der Waals surface area contributed by atoms with Crippen molar-refractivity contribution < 1.29 is 9.90 Å². The number of aryl methyl sites for hydroxylation is 2. The van der Waals surface area contributed by atoms with Gasteiger partial charge in [-0.1, -0.05) is 24.3 Å². The number of H-pyrrole nitrogens is 1. The molecule has 1 atom stereocenters. The van der Waals surface area contributed by atoms with E-state index in [0.717, 1.165) is 30.1 Å². The fourth-order valence-electron chi connectivity index (χ4n) is 2.82. The fraction of sp³-hybridized carbons (Fsp3) is 0.375. The van der Waals surface area contributed by atoms with Crippen molar-refractivity contribution in [3.8, 4) is 0 Å². The number of rotatable bonds is 3. The first-order chi connectivity index (χ1) is 9.63. The molecule has 2 aromatic rings. The van der Waals surface area contributed by atoms with Crippen LogP contribution in [-0.4, -0.2) is 21.0 Å². The highest BCUT2D eigenvalue weighted by Crippen LogP contribution is 2.25. The van der Waals surface area contributed by atoms with E-state index in [0.29, 0.717) is 12.8 Å². The van der Waals surface area contributed by atoms with Crippen molar-refractivity contribution >= 4 is 5.97 Å². The summed E-state index contributed by atoms with van der Waals surface area (Å²) >= 11 is 0. The quantitative estimate of drug-likeness (QED) is 0.900. The predicted molar refractivity (Wildman–Crippen MR) is 75.7 cm³/mol. The van der Waals surface area contributed by atoms with Crippen LogP contribution in [0.5, 0.6) is 0 Å². The largest absolute Gasteiger partial charge is 0.481 e. The zero-order chi connectivity index (χ0) is 14.1. The van der Waals surface area contributed by atoms with E-state index in [1.54, 1.807) is 0 Å². The lowest BCUT2D eigenvalue weighted by Gasteiger charge is -2.16. The molecule has 0 saturated heterocycles. The van der Waals surface area contributed by atoms with Crippen LogP contribution >= 0.6 is 0 Å². The standard InChI is InChI=1S/C16H18N2O2/c1-10-4-2-3-5-11(10)9-15-17-13-7-6-12(16(19)20)8-14(13)18-15/h2-5,12H,6-9H2,1H3,(H,17,18)(H,19,20). The lowest BCUT2D eigenvalue weighted by Crippen LogP contribution is -2.22. The molecule has 0 spiro atoms. The number of carboxylic acid groups (broad SMARTS) is 1. The number of nitrogens with one attached hydrogen (secondary N) is 1. The second-order valence-corrected chi connectivity index (χ2v) is 5.49. The van der Waals surface area contributed by atoms with Crippen LogP contribution in [0.4, 0.5) is 0 Å². The Morgan fingerprint density at radius 2 is 2.25 bits per heavy atom. The molecule has 1 aromatic heterocycles. The van der Waals surface area contributed by atoms with E-state index in [-0.39, 0.29) is 5.92 Å². The summed E-state index contributed by atoms with van der Waals surface area (Å²) in [5.74, 6) is -0.0321. The first-order valence-corrected chi connectivity index (χ1v) is 6.97. The maximum Gasteiger partial charge on any atom is 0.306 e. The Bertz CT molecular complexity index is 646. The third-order valence-corrected chi connectivity index (χ3v) is 4.06. The van der Waals surface area contributed by atoms with Crippen molar-refractivity contribution in [2.24, 2.45) is 5.92 Å². The smallest absolute Gasteiger partial charge is 0.306 e. The number of hydrogen-bond acceptors (Lipinski definition) is 2. The number of carbonyl (C=O) groups is 1. The van der Waals surface area contributed by atoms with Gasteiger partial charge in [0.25, 0.3) is 0 Å². The number of nitrogens with zero attached hydrogens (tertiary/aromatic N) is 1. The van der Waals surface area contributed by atoms with Crippen LogP contribution in [0.15, 0.2) is 24.3 Å². The van der Waals surface area contributed by atoms with Crippen molar-refractivity contribution in [3.63, 3.8) is 0 Å². The van der Waals surface area contributed by atoms with Crippen LogP contribution in [0.1, 0.15) is 34.8 Å². The molecule has 1 unspecified atom stereocenters. The van der Waals surface area contributed by atoms with Crippen LogP contribution in [0.2, 0.25) is 0 Å². The second-order valence-electron chi connectivity index (χ2n) is 5.49. The van der Waals surface area contributed by atoms with Crippen LogP contribution in [0.25, 0.3) is 0 Å². The van der Waals surface area contributed by atoms with Gasteiger partial charge in [0.1, 0.15) is 5.82 Å². The Morgan fingerprint density at radius 3 is 3.00 bits per heavy atom. The molecule has 4 heteroatoms. The van der Waals surface area contributed by atoms with Crippen molar-refractivity contribution in [1.29, 1.82) is 0 Å². The summed E-state index contributed by atoms with van der Waals surface area (Å²) in [5.41, 5.74) is 4.57. The summed E-state index contributed by atoms with van der Waals surface area (Å²) in [5, 5.41) is 9.11. The van der Waals surface area contributed by atoms with Crippen molar-refractivity contribution in [3.05, 3.63) is 52.6 Å². The number of aromatic nitrogens is 2. The molecular formula is C16H18N2O2. The van der Waals surface area contributed by atoms with Crippen LogP contribution in [0, 0.1) is 12.8 Å². The molecule has 0 bridgehead atoms. The molecule has 1 aromatic carbocycles. The van der Waals surface area contributed by atoms with E-state index >= 15 is 0 Å². The van der Waals surface area contributed by atoms with Gasteiger partial charge in [0.2, 0.25) is 0 Å².